The Balaban J connectivity index is 2.38. The maximum atomic E-state index is 13.6. The molecule has 20 heavy (non-hydrogen) atoms. The van der Waals surface area contributed by atoms with E-state index >= 15 is 0 Å². The predicted octanol–water partition coefficient (Wildman–Crippen LogP) is 3.26. The average molecular weight is 355 g/mol. The monoisotopic (exact) mass is 354 g/mol. The minimum absolute atomic E-state index is 0.0494. The van der Waals surface area contributed by atoms with Gasteiger partial charge < -0.3 is 0 Å². The van der Waals surface area contributed by atoms with Crippen LogP contribution < -0.4 is 4.72 Å². The number of nitrogens with zero attached hydrogens (tertiary/aromatic N) is 1. The summed E-state index contributed by atoms with van der Waals surface area (Å²) in [6.45, 7) is 0. The van der Waals surface area contributed by atoms with Crippen LogP contribution in [0.25, 0.3) is 0 Å². The number of anilines is 1. The van der Waals surface area contributed by atoms with Crippen molar-refractivity contribution in [1.29, 1.82) is 5.26 Å². The zero-order valence-corrected chi connectivity index (χ0v) is 12.4. The molecule has 0 unspecified atom stereocenters. The number of benzene rings is 2. The van der Waals surface area contributed by atoms with Crippen molar-refractivity contribution < 1.29 is 12.8 Å². The average Bonchev–Trinajstić information content (AvgIpc) is 2.43. The summed E-state index contributed by atoms with van der Waals surface area (Å²) < 4.78 is 40.3. The highest BCUT2D eigenvalue weighted by atomic mass is 79.9. The molecule has 0 atom stereocenters. The van der Waals surface area contributed by atoms with Crippen LogP contribution in [0.15, 0.2) is 51.8 Å². The molecule has 102 valence electrons. The Morgan fingerprint density at radius 1 is 1.15 bits per heavy atom. The molecule has 0 aliphatic heterocycles. The number of nitriles is 1. The van der Waals surface area contributed by atoms with Crippen LogP contribution >= 0.6 is 15.9 Å². The largest absolute Gasteiger partial charge is 0.275 e. The summed E-state index contributed by atoms with van der Waals surface area (Å²) in [7, 11) is -3.91. The number of nitrogens with one attached hydrogen (secondary N) is 1. The van der Waals surface area contributed by atoms with E-state index < -0.39 is 15.8 Å². The second-order valence-corrected chi connectivity index (χ2v) is 6.38. The first-order valence-corrected chi connectivity index (χ1v) is 7.68. The van der Waals surface area contributed by atoms with Crippen LogP contribution in [0.4, 0.5) is 10.1 Å². The molecular weight excluding hydrogens is 347 g/mol. The maximum absolute atomic E-state index is 13.6. The summed E-state index contributed by atoms with van der Waals surface area (Å²) in [5, 5.41) is 8.67. The fraction of sp³-hybridized carbons (Fsp3) is 0. The number of sulfonamides is 1. The first-order valence-electron chi connectivity index (χ1n) is 5.41. The zero-order chi connectivity index (χ0) is 14.8. The Hall–Kier alpha value is -1.91. The predicted molar refractivity (Wildman–Crippen MR) is 76.1 cm³/mol. The van der Waals surface area contributed by atoms with Gasteiger partial charge in [0.25, 0.3) is 10.0 Å². The van der Waals surface area contributed by atoms with Crippen LogP contribution in [0, 0.1) is 17.1 Å². The summed E-state index contributed by atoms with van der Waals surface area (Å²) in [6, 6.07) is 11.4. The van der Waals surface area contributed by atoms with Crippen molar-refractivity contribution in [2.24, 2.45) is 0 Å². The van der Waals surface area contributed by atoms with Gasteiger partial charge in [-0.05, 0) is 52.3 Å². The van der Waals surface area contributed by atoms with Gasteiger partial charge in [-0.1, -0.05) is 6.07 Å². The molecule has 7 heteroatoms. The second kappa shape index (κ2) is 5.61. The van der Waals surface area contributed by atoms with Gasteiger partial charge in [0.05, 0.1) is 22.2 Å². The van der Waals surface area contributed by atoms with E-state index in [2.05, 4.69) is 20.7 Å². The third-order valence-electron chi connectivity index (χ3n) is 2.49. The Labute approximate surface area is 124 Å². The molecule has 2 rings (SSSR count). The van der Waals surface area contributed by atoms with Crippen LogP contribution in [0.2, 0.25) is 0 Å². The van der Waals surface area contributed by atoms with Crippen molar-refractivity contribution in [3.63, 3.8) is 0 Å². The van der Waals surface area contributed by atoms with E-state index in [0.717, 1.165) is 6.07 Å². The van der Waals surface area contributed by atoms with E-state index in [0.29, 0.717) is 10.0 Å². The maximum Gasteiger partial charge on any atom is 0.262 e. The van der Waals surface area contributed by atoms with Crippen LogP contribution in [0.3, 0.4) is 0 Å². The van der Waals surface area contributed by atoms with E-state index in [4.69, 9.17) is 5.26 Å². The van der Waals surface area contributed by atoms with Gasteiger partial charge in [-0.25, -0.2) is 12.8 Å². The Morgan fingerprint density at radius 2 is 1.80 bits per heavy atom. The van der Waals surface area contributed by atoms with Gasteiger partial charge in [-0.3, -0.25) is 4.72 Å². The fourth-order valence-corrected chi connectivity index (χ4v) is 3.16. The van der Waals surface area contributed by atoms with E-state index in [1.54, 1.807) is 0 Å². The number of hydrogen-bond donors (Lipinski definition) is 1. The highest BCUT2D eigenvalue weighted by Gasteiger charge is 2.18. The van der Waals surface area contributed by atoms with E-state index in [1.165, 1.54) is 36.4 Å². The number of halogens is 2. The second-order valence-electron chi connectivity index (χ2n) is 3.84. The molecule has 0 aliphatic rings. The first-order chi connectivity index (χ1) is 9.44. The van der Waals surface area contributed by atoms with Crippen molar-refractivity contribution in [3.8, 4) is 6.07 Å². The van der Waals surface area contributed by atoms with Crippen LogP contribution in [-0.2, 0) is 10.0 Å². The Bertz CT molecular complexity index is 763. The van der Waals surface area contributed by atoms with Crippen molar-refractivity contribution in [3.05, 3.63) is 58.3 Å². The van der Waals surface area contributed by atoms with Gasteiger partial charge in [-0.2, -0.15) is 5.26 Å². The number of para-hydroxylation sites is 1. The molecule has 2 aromatic rings. The van der Waals surface area contributed by atoms with Gasteiger partial charge in [0.15, 0.2) is 0 Å². The van der Waals surface area contributed by atoms with Crippen molar-refractivity contribution in [2.45, 2.75) is 4.90 Å². The molecule has 0 fully saturated rings. The van der Waals surface area contributed by atoms with Gasteiger partial charge in [0.1, 0.15) is 5.82 Å². The van der Waals surface area contributed by atoms with E-state index in [1.807, 2.05) is 6.07 Å². The molecule has 0 amide bonds. The lowest BCUT2D eigenvalue weighted by Crippen LogP contribution is -2.14. The molecule has 1 N–H and O–H groups in total. The van der Waals surface area contributed by atoms with Gasteiger partial charge in [-0.15, -0.1) is 0 Å². The molecule has 2 aromatic carbocycles. The highest BCUT2D eigenvalue weighted by Crippen LogP contribution is 2.27. The summed E-state index contributed by atoms with van der Waals surface area (Å²) in [6.07, 6.45) is 0. The first kappa shape index (κ1) is 14.5. The molecule has 0 saturated carbocycles. The molecule has 0 spiro atoms. The van der Waals surface area contributed by atoms with Crippen LogP contribution in [0.5, 0.6) is 0 Å². The Kier molecular flexibility index (Phi) is 4.06. The third-order valence-corrected chi connectivity index (χ3v) is 4.52. The van der Waals surface area contributed by atoms with Crippen LogP contribution in [-0.4, -0.2) is 8.42 Å². The summed E-state index contributed by atoms with van der Waals surface area (Å²) >= 11 is 3.09. The van der Waals surface area contributed by atoms with E-state index in [-0.39, 0.29) is 10.6 Å². The minimum atomic E-state index is -3.91. The number of rotatable bonds is 3. The smallest absolute Gasteiger partial charge is 0.262 e. The lowest BCUT2D eigenvalue weighted by Gasteiger charge is -2.10. The molecule has 4 nitrogen and oxygen atoms in total. The lowest BCUT2D eigenvalue weighted by atomic mass is 10.2. The normalized spacial score (nSPS) is 10.8. The molecular formula is C13H8BrFN2O2S. The van der Waals surface area contributed by atoms with Crippen LogP contribution in [0.1, 0.15) is 5.56 Å². The van der Waals surface area contributed by atoms with Crippen molar-refractivity contribution in [2.75, 3.05) is 4.72 Å². The SMILES string of the molecule is N#Cc1ccc(S(=O)(=O)Nc2c(F)cccc2Br)cc1. The summed E-state index contributed by atoms with van der Waals surface area (Å²) in [5.41, 5.74) is 0.188. The minimum Gasteiger partial charge on any atom is -0.275 e. The zero-order valence-electron chi connectivity index (χ0n) is 9.97. The molecule has 0 radical (unpaired) electrons. The lowest BCUT2D eigenvalue weighted by molar-refractivity contribution is 0.598. The standard InChI is InChI=1S/C13H8BrFN2O2S/c14-11-2-1-3-12(15)13(11)17-20(18,19)10-6-4-9(8-16)5-7-10/h1-7,17H. The summed E-state index contributed by atoms with van der Waals surface area (Å²) in [5.74, 6) is -0.684. The fourth-order valence-electron chi connectivity index (χ4n) is 1.50. The van der Waals surface area contributed by atoms with Gasteiger partial charge in [0, 0.05) is 4.47 Å². The third kappa shape index (κ3) is 2.98. The molecule has 0 bridgehead atoms. The van der Waals surface area contributed by atoms with Crippen molar-refractivity contribution >= 4 is 31.6 Å². The molecule has 0 aromatic heterocycles. The van der Waals surface area contributed by atoms with Crippen molar-refractivity contribution in [1.82, 2.24) is 0 Å². The van der Waals surface area contributed by atoms with Gasteiger partial charge in [0.2, 0.25) is 0 Å². The van der Waals surface area contributed by atoms with Gasteiger partial charge >= 0.3 is 0 Å². The highest BCUT2D eigenvalue weighted by molar-refractivity contribution is 9.10. The quantitative estimate of drug-likeness (QED) is 0.919. The molecule has 0 heterocycles. The molecule has 0 saturated heterocycles. The Morgan fingerprint density at radius 3 is 2.35 bits per heavy atom. The topological polar surface area (TPSA) is 70.0 Å². The summed E-state index contributed by atoms with van der Waals surface area (Å²) in [4.78, 5) is -0.0494. The molecule has 0 aliphatic carbocycles. The number of hydrogen-bond acceptors (Lipinski definition) is 3. The van der Waals surface area contributed by atoms with E-state index in [9.17, 15) is 12.8 Å².